The number of nitrogens with one attached hydrogen (secondary N) is 1. The van der Waals surface area contributed by atoms with Gasteiger partial charge in [0.2, 0.25) is 0 Å². The first kappa shape index (κ1) is 19.0. The number of hydrogen-bond donors (Lipinski definition) is 1. The SMILES string of the molecule is Cc1cc(OCc2n[nH]c(=O)n2C)c(-c2c(F)ccc3c2oc(=O)n3C)cc1Cl. The molecule has 0 bridgehead atoms. The fourth-order valence-electron chi connectivity index (χ4n) is 3.04. The number of fused-ring (bicyclic) bond motifs is 1. The number of oxazole rings is 1. The van der Waals surface area contributed by atoms with Crippen LogP contribution < -0.4 is 16.2 Å². The lowest BCUT2D eigenvalue weighted by atomic mass is 10.0. The minimum atomic E-state index is -0.612. The number of aryl methyl sites for hydroxylation is 2. The van der Waals surface area contributed by atoms with Crippen molar-refractivity contribution < 1.29 is 13.5 Å². The Hall–Kier alpha value is -3.33. The Morgan fingerprint density at radius 1 is 1.24 bits per heavy atom. The van der Waals surface area contributed by atoms with Gasteiger partial charge >= 0.3 is 11.4 Å². The molecule has 0 radical (unpaired) electrons. The predicted molar refractivity (Wildman–Crippen MR) is 105 cm³/mol. The lowest BCUT2D eigenvalue weighted by Crippen LogP contribution is -2.15. The largest absolute Gasteiger partial charge is 0.485 e. The summed E-state index contributed by atoms with van der Waals surface area (Å²) in [6.45, 7) is 1.74. The first-order valence-corrected chi connectivity index (χ1v) is 8.97. The van der Waals surface area contributed by atoms with Crippen LogP contribution in [0.5, 0.6) is 5.75 Å². The highest BCUT2D eigenvalue weighted by Gasteiger charge is 2.21. The Morgan fingerprint density at radius 3 is 2.69 bits per heavy atom. The third-order valence-corrected chi connectivity index (χ3v) is 5.18. The normalized spacial score (nSPS) is 11.3. The van der Waals surface area contributed by atoms with Crippen LogP contribution in [0.1, 0.15) is 11.4 Å². The zero-order valence-corrected chi connectivity index (χ0v) is 16.5. The van der Waals surface area contributed by atoms with Gasteiger partial charge in [0.15, 0.2) is 11.4 Å². The van der Waals surface area contributed by atoms with Crippen LogP contribution in [-0.2, 0) is 20.7 Å². The Bertz CT molecular complexity index is 1370. The van der Waals surface area contributed by atoms with Crippen LogP contribution in [0.3, 0.4) is 0 Å². The number of halogens is 2. The van der Waals surface area contributed by atoms with Gasteiger partial charge in [-0.05, 0) is 36.8 Å². The Kier molecular flexibility index (Phi) is 4.54. The molecule has 29 heavy (non-hydrogen) atoms. The molecular weight excluding hydrogens is 403 g/mol. The van der Waals surface area contributed by atoms with Gasteiger partial charge in [-0.25, -0.2) is 19.1 Å². The predicted octanol–water partition coefficient (Wildman–Crippen LogP) is 2.90. The topological polar surface area (TPSA) is 95.1 Å². The molecule has 0 aliphatic rings. The number of nitrogens with zero attached hydrogens (tertiary/aromatic N) is 3. The summed E-state index contributed by atoms with van der Waals surface area (Å²) in [5, 5.41) is 6.62. The standard InChI is InChI=1S/C19H16ClFN4O4/c1-9-6-14(28-8-15-22-23-18(26)25(15)3)10(7-11(9)20)16-12(21)4-5-13-17(16)29-19(27)24(13)2/h4-7H,8H2,1-3H3,(H,23,26). The molecule has 0 atom stereocenters. The van der Waals surface area contributed by atoms with E-state index in [0.717, 1.165) is 0 Å². The summed E-state index contributed by atoms with van der Waals surface area (Å²) in [6, 6.07) is 5.93. The number of hydrogen-bond acceptors (Lipinski definition) is 5. The third kappa shape index (κ3) is 3.13. The van der Waals surface area contributed by atoms with Gasteiger partial charge in [-0.1, -0.05) is 11.6 Å². The minimum absolute atomic E-state index is 0.0420. The minimum Gasteiger partial charge on any atom is -0.485 e. The maximum atomic E-state index is 14.9. The molecule has 150 valence electrons. The van der Waals surface area contributed by atoms with E-state index in [2.05, 4.69) is 10.2 Å². The highest BCUT2D eigenvalue weighted by atomic mass is 35.5. The maximum Gasteiger partial charge on any atom is 0.419 e. The van der Waals surface area contributed by atoms with Crippen LogP contribution in [0.2, 0.25) is 5.02 Å². The molecule has 2 aromatic carbocycles. The summed E-state index contributed by atoms with van der Waals surface area (Å²) in [7, 11) is 3.09. The van der Waals surface area contributed by atoms with Crippen LogP contribution in [0.4, 0.5) is 4.39 Å². The van der Waals surface area contributed by atoms with Gasteiger partial charge in [-0.15, -0.1) is 0 Å². The van der Waals surface area contributed by atoms with E-state index in [1.807, 2.05) is 0 Å². The van der Waals surface area contributed by atoms with Crippen molar-refractivity contribution in [1.29, 1.82) is 0 Å². The second-order valence-electron chi connectivity index (χ2n) is 6.59. The van der Waals surface area contributed by atoms with Crippen molar-refractivity contribution in [3.05, 3.63) is 67.5 Å². The van der Waals surface area contributed by atoms with Gasteiger partial charge < -0.3 is 9.15 Å². The molecular formula is C19H16ClFN4O4. The van der Waals surface area contributed by atoms with Crippen molar-refractivity contribution in [2.45, 2.75) is 13.5 Å². The van der Waals surface area contributed by atoms with Crippen molar-refractivity contribution >= 4 is 22.7 Å². The van der Waals surface area contributed by atoms with E-state index in [9.17, 15) is 14.0 Å². The maximum absolute atomic E-state index is 14.9. The van der Waals surface area contributed by atoms with Crippen molar-refractivity contribution in [3.63, 3.8) is 0 Å². The molecule has 2 aromatic heterocycles. The number of aromatic amines is 1. The van der Waals surface area contributed by atoms with Crippen molar-refractivity contribution in [2.24, 2.45) is 14.1 Å². The smallest absolute Gasteiger partial charge is 0.419 e. The summed E-state index contributed by atoms with van der Waals surface area (Å²) in [5.74, 6) is -0.540. The van der Waals surface area contributed by atoms with Gasteiger partial charge in [0.05, 0.1) is 11.1 Å². The Morgan fingerprint density at radius 2 is 2.00 bits per heavy atom. The highest BCUT2D eigenvalue weighted by molar-refractivity contribution is 6.31. The van der Waals surface area contributed by atoms with Gasteiger partial charge in [-0.3, -0.25) is 9.13 Å². The van der Waals surface area contributed by atoms with Gasteiger partial charge in [-0.2, -0.15) is 5.10 Å². The van der Waals surface area contributed by atoms with E-state index in [0.29, 0.717) is 33.2 Å². The van der Waals surface area contributed by atoms with Crippen LogP contribution in [0, 0.1) is 12.7 Å². The molecule has 2 heterocycles. The molecule has 0 spiro atoms. The lowest BCUT2D eigenvalue weighted by Gasteiger charge is -2.14. The van der Waals surface area contributed by atoms with E-state index < -0.39 is 11.6 Å². The molecule has 0 fully saturated rings. The number of rotatable bonds is 4. The zero-order chi connectivity index (χ0) is 20.9. The van der Waals surface area contributed by atoms with E-state index in [4.69, 9.17) is 20.8 Å². The van der Waals surface area contributed by atoms with Crippen LogP contribution in [0.25, 0.3) is 22.2 Å². The Labute approximate surface area is 168 Å². The molecule has 0 amide bonds. The van der Waals surface area contributed by atoms with Crippen molar-refractivity contribution in [1.82, 2.24) is 19.3 Å². The molecule has 0 aliphatic heterocycles. The van der Waals surface area contributed by atoms with E-state index in [-0.39, 0.29) is 23.4 Å². The van der Waals surface area contributed by atoms with Crippen LogP contribution in [0.15, 0.2) is 38.3 Å². The highest BCUT2D eigenvalue weighted by Crippen LogP contribution is 2.40. The average molecular weight is 419 g/mol. The molecule has 1 N–H and O–H groups in total. The molecule has 0 saturated heterocycles. The Balaban J connectivity index is 1.89. The quantitative estimate of drug-likeness (QED) is 0.550. The molecule has 4 aromatic rings. The first-order chi connectivity index (χ1) is 13.8. The monoisotopic (exact) mass is 418 g/mol. The fourth-order valence-corrected chi connectivity index (χ4v) is 3.20. The summed E-state index contributed by atoms with van der Waals surface area (Å²) in [5.41, 5.74) is 1.24. The molecule has 0 aliphatic carbocycles. The zero-order valence-electron chi connectivity index (χ0n) is 15.7. The third-order valence-electron chi connectivity index (χ3n) is 4.77. The summed E-state index contributed by atoms with van der Waals surface area (Å²) in [6.07, 6.45) is 0. The van der Waals surface area contributed by atoms with Gasteiger partial charge in [0, 0.05) is 24.7 Å². The van der Waals surface area contributed by atoms with Gasteiger partial charge in [0.25, 0.3) is 0 Å². The lowest BCUT2D eigenvalue weighted by molar-refractivity contribution is 0.292. The van der Waals surface area contributed by atoms with Crippen LogP contribution in [-0.4, -0.2) is 19.3 Å². The fraction of sp³-hybridized carbons (Fsp3) is 0.211. The van der Waals surface area contributed by atoms with E-state index >= 15 is 0 Å². The second kappa shape index (κ2) is 6.93. The number of ether oxygens (including phenoxy) is 1. The molecule has 0 unspecified atom stereocenters. The molecule has 10 heteroatoms. The number of H-pyrrole nitrogens is 1. The van der Waals surface area contributed by atoms with E-state index in [1.54, 1.807) is 26.1 Å². The molecule has 0 saturated carbocycles. The first-order valence-electron chi connectivity index (χ1n) is 8.59. The van der Waals surface area contributed by atoms with Crippen molar-refractivity contribution in [2.75, 3.05) is 0 Å². The number of benzene rings is 2. The van der Waals surface area contributed by atoms with Gasteiger partial charge in [0.1, 0.15) is 18.2 Å². The van der Waals surface area contributed by atoms with Crippen LogP contribution >= 0.6 is 11.6 Å². The summed E-state index contributed by atoms with van der Waals surface area (Å²) in [4.78, 5) is 23.5. The average Bonchev–Trinajstić information content (AvgIpc) is 3.15. The van der Waals surface area contributed by atoms with E-state index in [1.165, 1.54) is 28.3 Å². The molecule has 4 rings (SSSR count). The van der Waals surface area contributed by atoms with Crippen molar-refractivity contribution in [3.8, 4) is 16.9 Å². The second-order valence-corrected chi connectivity index (χ2v) is 7.00. The number of aromatic nitrogens is 4. The molecule has 8 nitrogen and oxygen atoms in total. The summed E-state index contributed by atoms with van der Waals surface area (Å²) >= 11 is 6.28. The summed E-state index contributed by atoms with van der Waals surface area (Å²) < 4.78 is 28.6.